The highest BCUT2D eigenvalue weighted by Gasteiger charge is 2.09. The van der Waals surface area contributed by atoms with Crippen molar-refractivity contribution in [3.05, 3.63) is 0 Å². The molecule has 0 aromatic heterocycles. The molecule has 0 bridgehead atoms. The zero-order valence-corrected chi connectivity index (χ0v) is 16.2. The number of esters is 1. The lowest BCUT2D eigenvalue weighted by molar-refractivity contribution is -0.141. The molecule has 0 aromatic carbocycles. The van der Waals surface area contributed by atoms with E-state index in [1.807, 2.05) is 0 Å². The molecule has 0 N–H and O–H groups in total. The van der Waals surface area contributed by atoms with E-state index in [9.17, 15) is 4.79 Å². The average molecular weight is 327 g/mol. The van der Waals surface area contributed by atoms with Crippen LogP contribution in [-0.2, 0) is 9.53 Å². The molecule has 2 nitrogen and oxygen atoms in total. The third kappa shape index (κ3) is 17.7. The van der Waals surface area contributed by atoms with Crippen molar-refractivity contribution >= 4 is 5.97 Å². The Hall–Kier alpha value is -0.530. The minimum Gasteiger partial charge on any atom is -0.466 e. The summed E-state index contributed by atoms with van der Waals surface area (Å²) in [5.74, 6) is 0.620. The van der Waals surface area contributed by atoms with Gasteiger partial charge in [0.15, 0.2) is 0 Å². The number of hydrogen-bond donors (Lipinski definition) is 0. The summed E-state index contributed by atoms with van der Waals surface area (Å²) in [5.41, 5.74) is 0. The van der Waals surface area contributed by atoms with Gasteiger partial charge in [-0.25, -0.2) is 0 Å². The van der Waals surface area contributed by atoms with Crippen LogP contribution in [-0.4, -0.2) is 12.6 Å². The molecule has 0 saturated carbocycles. The molecule has 2 heteroatoms. The Bertz CT molecular complexity index is 234. The number of hydrogen-bond acceptors (Lipinski definition) is 2. The van der Waals surface area contributed by atoms with Crippen LogP contribution in [0.4, 0.5) is 0 Å². The smallest absolute Gasteiger partial charge is 0.302 e. The fourth-order valence-corrected chi connectivity index (χ4v) is 3.23. The van der Waals surface area contributed by atoms with Crippen molar-refractivity contribution in [2.45, 2.75) is 117 Å². The first kappa shape index (κ1) is 22.5. The van der Waals surface area contributed by atoms with Crippen molar-refractivity contribution in [1.29, 1.82) is 0 Å². The van der Waals surface area contributed by atoms with Crippen LogP contribution in [0.1, 0.15) is 117 Å². The van der Waals surface area contributed by atoms with E-state index in [1.54, 1.807) is 0 Å². The molecule has 0 aliphatic heterocycles. The standard InChI is InChI=1S/C21H42O2/c1-4-6-8-10-12-14-16-21(18-19-23-20(3)22)17-15-13-11-9-7-5-2/h21H,4-19H2,1-3H3. The van der Waals surface area contributed by atoms with Crippen LogP contribution in [0.5, 0.6) is 0 Å². The summed E-state index contributed by atoms with van der Waals surface area (Å²) in [7, 11) is 0. The van der Waals surface area contributed by atoms with Crippen molar-refractivity contribution < 1.29 is 9.53 Å². The summed E-state index contributed by atoms with van der Waals surface area (Å²) in [6.45, 7) is 6.67. The molecule has 0 fully saturated rings. The van der Waals surface area contributed by atoms with Crippen LogP contribution in [0.3, 0.4) is 0 Å². The Kier molecular flexibility index (Phi) is 17.4. The predicted molar refractivity (Wildman–Crippen MR) is 101 cm³/mol. The van der Waals surface area contributed by atoms with Gasteiger partial charge < -0.3 is 4.74 Å². The van der Waals surface area contributed by atoms with Gasteiger partial charge >= 0.3 is 5.97 Å². The van der Waals surface area contributed by atoms with E-state index in [2.05, 4.69) is 13.8 Å². The molecule has 0 aliphatic carbocycles. The lowest BCUT2D eigenvalue weighted by Gasteiger charge is -2.17. The van der Waals surface area contributed by atoms with Gasteiger partial charge in [-0.2, -0.15) is 0 Å². The van der Waals surface area contributed by atoms with Crippen LogP contribution in [0.15, 0.2) is 0 Å². The van der Waals surface area contributed by atoms with Gasteiger partial charge in [0, 0.05) is 6.92 Å². The molecule has 0 radical (unpaired) electrons. The van der Waals surface area contributed by atoms with Crippen molar-refractivity contribution in [1.82, 2.24) is 0 Å². The average Bonchev–Trinajstić information content (AvgIpc) is 2.53. The number of carbonyl (C=O) groups excluding carboxylic acids is 1. The second-order valence-corrected chi connectivity index (χ2v) is 7.11. The third-order valence-corrected chi connectivity index (χ3v) is 4.76. The SMILES string of the molecule is CCCCCCCCC(CCCCCCCC)CCOC(C)=O. The van der Waals surface area contributed by atoms with E-state index < -0.39 is 0 Å². The van der Waals surface area contributed by atoms with E-state index in [0.29, 0.717) is 6.61 Å². The minimum absolute atomic E-state index is 0.136. The summed E-state index contributed by atoms with van der Waals surface area (Å²) in [6.07, 6.45) is 20.1. The maximum Gasteiger partial charge on any atom is 0.302 e. The first-order valence-corrected chi connectivity index (χ1v) is 10.3. The molecule has 0 saturated heterocycles. The summed E-state index contributed by atoms with van der Waals surface area (Å²) >= 11 is 0. The maximum atomic E-state index is 10.9. The van der Waals surface area contributed by atoms with Gasteiger partial charge in [-0.3, -0.25) is 4.79 Å². The van der Waals surface area contributed by atoms with E-state index in [1.165, 1.54) is 96.8 Å². The first-order valence-electron chi connectivity index (χ1n) is 10.3. The summed E-state index contributed by atoms with van der Waals surface area (Å²) in [6, 6.07) is 0. The van der Waals surface area contributed by atoms with Gasteiger partial charge in [0.05, 0.1) is 6.61 Å². The first-order chi connectivity index (χ1) is 11.2. The highest BCUT2D eigenvalue weighted by atomic mass is 16.5. The lowest BCUT2D eigenvalue weighted by Crippen LogP contribution is -2.08. The molecule has 0 unspecified atom stereocenters. The largest absolute Gasteiger partial charge is 0.466 e. The summed E-state index contributed by atoms with van der Waals surface area (Å²) < 4.78 is 5.15. The Morgan fingerprint density at radius 1 is 0.696 bits per heavy atom. The van der Waals surface area contributed by atoms with E-state index in [0.717, 1.165) is 12.3 Å². The number of rotatable bonds is 17. The fraction of sp³-hybridized carbons (Fsp3) is 0.952. The molecule has 0 amide bonds. The molecule has 23 heavy (non-hydrogen) atoms. The molecule has 0 rings (SSSR count). The third-order valence-electron chi connectivity index (χ3n) is 4.76. The zero-order valence-electron chi connectivity index (χ0n) is 16.2. The molecule has 0 spiro atoms. The Labute approximate surface area is 145 Å². The Morgan fingerprint density at radius 2 is 1.13 bits per heavy atom. The Balaban J connectivity index is 3.77. The van der Waals surface area contributed by atoms with E-state index in [-0.39, 0.29) is 5.97 Å². The normalized spacial score (nSPS) is 11.1. The van der Waals surface area contributed by atoms with Crippen LogP contribution in [0.2, 0.25) is 0 Å². The van der Waals surface area contributed by atoms with Gasteiger partial charge in [-0.1, -0.05) is 104 Å². The van der Waals surface area contributed by atoms with Gasteiger partial charge in [0.2, 0.25) is 0 Å². The van der Waals surface area contributed by atoms with Gasteiger partial charge in [-0.05, 0) is 12.3 Å². The van der Waals surface area contributed by atoms with Crippen LogP contribution >= 0.6 is 0 Å². The molecule has 0 aromatic rings. The predicted octanol–water partition coefficient (Wildman–Crippen LogP) is 7.06. The quantitative estimate of drug-likeness (QED) is 0.211. The molecule has 138 valence electrons. The van der Waals surface area contributed by atoms with Crippen molar-refractivity contribution in [2.24, 2.45) is 5.92 Å². The number of ether oxygens (including phenoxy) is 1. The highest BCUT2D eigenvalue weighted by Crippen LogP contribution is 2.22. The van der Waals surface area contributed by atoms with Crippen molar-refractivity contribution in [3.8, 4) is 0 Å². The fourth-order valence-electron chi connectivity index (χ4n) is 3.23. The second-order valence-electron chi connectivity index (χ2n) is 7.11. The molecular weight excluding hydrogens is 284 g/mol. The molecule has 0 atom stereocenters. The Morgan fingerprint density at radius 3 is 1.57 bits per heavy atom. The van der Waals surface area contributed by atoms with Crippen LogP contribution in [0, 0.1) is 5.92 Å². The minimum atomic E-state index is -0.136. The number of carbonyl (C=O) groups is 1. The van der Waals surface area contributed by atoms with E-state index in [4.69, 9.17) is 4.74 Å². The zero-order chi connectivity index (χ0) is 17.2. The van der Waals surface area contributed by atoms with Crippen LogP contribution in [0.25, 0.3) is 0 Å². The van der Waals surface area contributed by atoms with Crippen molar-refractivity contribution in [2.75, 3.05) is 6.61 Å². The molecule has 0 aliphatic rings. The maximum absolute atomic E-state index is 10.9. The second kappa shape index (κ2) is 17.8. The van der Waals surface area contributed by atoms with Gasteiger partial charge in [-0.15, -0.1) is 0 Å². The van der Waals surface area contributed by atoms with E-state index >= 15 is 0 Å². The summed E-state index contributed by atoms with van der Waals surface area (Å²) in [4.78, 5) is 10.9. The molecule has 0 heterocycles. The van der Waals surface area contributed by atoms with Crippen molar-refractivity contribution in [3.63, 3.8) is 0 Å². The van der Waals surface area contributed by atoms with Gasteiger partial charge in [0.25, 0.3) is 0 Å². The summed E-state index contributed by atoms with van der Waals surface area (Å²) in [5, 5.41) is 0. The monoisotopic (exact) mass is 326 g/mol. The van der Waals surface area contributed by atoms with Crippen LogP contribution < -0.4 is 0 Å². The molecular formula is C21H42O2. The topological polar surface area (TPSA) is 26.3 Å². The number of unbranched alkanes of at least 4 members (excludes halogenated alkanes) is 10. The van der Waals surface area contributed by atoms with Gasteiger partial charge in [0.1, 0.15) is 0 Å². The lowest BCUT2D eigenvalue weighted by atomic mass is 9.92. The highest BCUT2D eigenvalue weighted by molar-refractivity contribution is 5.65.